The Kier molecular flexibility index (Phi) is 22.9. The van der Waals surface area contributed by atoms with Crippen LogP contribution in [0.3, 0.4) is 0 Å². The van der Waals surface area contributed by atoms with Crippen LogP contribution in [0, 0.1) is 0 Å². The van der Waals surface area contributed by atoms with Crippen molar-refractivity contribution in [3.63, 3.8) is 0 Å². The van der Waals surface area contributed by atoms with Gasteiger partial charge in [-0.05, 0) is 110 Å². The Morgan fingerprint density at radius 2 is 0.588 bits per heavy atom. The molecule has 0 bridgehead atoms. The first kappa shape index (κ1) is 63.2. The molecular weight excluding hydrogens is 1090 g/mol. The normalized spacial score (nSPS) is 11.3. The van der Waals surface area contributed by atoms with Crippen LogP contribution in [0.15, 0.2) is 237 Å². The Labute approximate surface area is 496 Å². The van der Waals surface area contributed by atoms with Crippen molar-refractivity contribution in [2.24, 2.45) is 17.2 Å². The van der Waals surface area contributed by atoms with E-state index in [1.807, 2.05) is 54.6 Å². The highest BCUT2D eigenvalue weighted by atomic mass is 32.1. The zero-order valence-electron chi connectivity index (χ0n) is 46.4. The number of carboxylic acids is 1. The summed E-state index contributed by atoms with van der Waals surface area (Å²) in [6, 6.07) is 66.3. The molecule has 0 aliphatic heterocycles. The molecular formula is C69H59N3O12S. The molecule has 16 heteroatoms. The van der Waals surface area contributed by atoms with Crippen molar-refractivity contribution < 1.29 is 58.0 Å². The van der Waals surface area contributed by atoms with Gasteiger partial charge in [-0.2, -0.15) is 0 Å². The van der Waals surface area contributed by atoms with Crippen LogP contribution >= 0.6 is 12.2 Å². The summed E-state index contributed by atoms with van der Waals surface area (Å²) >= 11 is 4.90. The second-order valence-electron chi connectivity index (χ2n) is 19.0. The van der Waals surface area contributed by atoms with Gasteiger partial charge in [-0.25, -0.2) is 0 Å². The molecule has 0 aliphatic rings. The molecule has 0 radical (unpaired) electrons. The van der Waals surface area contributed by atoms with E-state index in [1.54, 1.807) is 154 Å². The molecule has 8 N–H and O–H groups in total. The van der Waals surface area contributed by atoms with E-state index in [-0.39, 0.29) is 34.1 Å². The van der Waals surface area contributed by atoms with Crippen LogP contribution in [-0.2, 0) is 14.4 Å². The first-order chi connectivity index (χ1) is 40.7. The number of hydrogen-bond donors (Lipinski definition) is 5. The fourth-order valence-corrected chi connectivity index (χ4v) is 8.00. The SMILES string of the molecule is CC(C(=O)O)c1ccc(C(=O)c2ccccc2)cc1.CC(C(=O)Oc1ccc(C(N)=O)cc1)c1ccc(C(=O)c2ccccc2)cc1.CC(C(=O)Oc1ccc(C(N)=S)cc1)c1ccc(C(=O)c2ccccc2)cc1.NC(=O)c1ccc(O)cc1. The quantitative estimate of drug-likeness (QED) is 0.0246. The Morgan fingerprint density at radius 3 is 0.859 bits per heavy atom. The van der Waals surface area contributed by atoms with Crippen LogP contribution < -0.4 is 26.7 Å². The molecule has 0 aromatic heterocycles. The zero-order chi connectivity index (χ0) is 61.6. The number of phenols is 1. The first-order valence-electron chi connectivity index (χ1n) is 26.3. The standard InChI is InChI=1S/C23H19NO4.C23H19NO3S.C16H14O3.C7H7NO2/c1-15(23(27)28-20-13-11-19(12-14-20)22(24)26)16-7-9-18(10-8-16)21(25)17-5-3-2-4-6-17;1-15(23(26)27-20-13-11-19(12-14-20)22(24)28)16-7-9-18(10-8-16)21(25)17-5-3-2-4-6-17;1-11(16(18)19)12-7-9-14(10-8-12)15(17)13-5-3-2-4-6-13;8-7(10)5-1-3-6(9)4-2-5/h2-15H,1H3,(H2,24,26);2-15H,1H3,(H2,24,28);2-11H,1H3,(H,18,19);1-4,9H,(H2,8,10). The maximum atomic E-state index is 12.5. The molecule has 3 atom stereocenters. The number of primary amides is 2. The number of carbonyl (C=O) groups is 8. The molecule has 428 valence electrons. The highest BCUT2D eigenvalue weighted by Crippen LogP contribution is 2.24. The fraction of sp³-hybridized carbons (Fsp3) is 0.0870. The van der Waals surface area contributed by atoms with Gasteiger partial charge in [0.1, 0.15) is 22.2 Å². The van der Waals surface area contributed by atoms with E-state index in [0.717, 1.165) is 11.1 Å². The largest absolute Gasteiger partial charge is 0.508 e. The Bertz CT molecular complexity index is 3600. The van der Waals surface area contributed by atoms with Gasteiger partial charge in [-0.15, -0.1) is 0 Å². The minimum absolute atomic E-state index is 0.0553. The summed E-state index contributed by atoms with van der Waals surface area (Å²) < 4.78 is 10.8. The lowest BCUT2D eigenvalue weighted by Crippen LogP contribution is -2.16. The number of thiocarbonyl (C=S) groups is 1. The number of ketones is 3. The number of aliphatic carboxylic acids is 1. The van der Waals surface area contributed by atoms with Gasteiger partial charge >= 0.3 is 17.9 Å². The predicted octanol–water partition coefficient (Wildman–Crippen LogP) is 11.6. The van der Waals surface area contributed by atoms with Crippen molar-refractivity contribution in [2.75, 3.05) is 0 Å². The summed E-state index contributed by atoms with van der Waals surface area (Å²) in [4.78, 5) is 94.6. The fourth-order valence-electron chi connectivity index (χ4n) is 7.86. The molecule has 0 aliphatic carbocycles. The van der Waals surface area contributed by atoms with Gasteiger partial charge in [0.15, 0.2) is 17.3 Å². The molecule has 85 heavy (non-hydrogen) atoms. The summed E-state index contributed by atoms with van der Waals surface area (Å²) in [5.41, 5.74) is 22.9. The van der Waals surface area contributed by atoms with Crippen molar-refractivity contribution in [2.45, 2.75) is 38.5 Å². The lowest BCUT2D eigenvalue weighted by Gasteiger charge is -2.12. The molecule has 2 amide bonds. The lowest BCUT2D eigenvalue weighted by molar-refractivity contribution is -0.138. The number of nitrogens with two attached hydrogens (primary N) is 3. The summed E-state index contributed by atoms with van der Waals surface area (Å²) in [5.74, 6) is -3.59. The Hall–Kier alpha value is -11.0. The summed E-state index contributed by atoms with van der Waals surface area (Å²) in [7, 11) is 0. The van der Waals surface area contributed by atoms with Crippen LogP contribution in [0.2, 0.25) is 0 Å². The second kappa shape index (κ2) is 30.7. The van der Waals surface area contributed by atoms with Crippen LogP contribution in [0.4, 0.5) is 0 Å². The van der Waals surface area contributed by atoms with Crippen LogP contribution in [-0.4, -0.2) is 62.3 Å². The van der Waals surface area contributed by atoms with Gasteiger partial charge in [0.25, 0.3) is 0 Å². The number of carboxylic acid groups (broad SMARTS) is 1. The molecule has 15 nitrogen and oxygen atoms in total. The maximum Gasteiger partial charge on any atom is 0.318 e. The smallest absolute Gasteiger partial charge is 0.318 e. The van der Waals surface area contributed by atoms with E-state index in [4.69, 9.17) is 49.1 Å². The number of rotatable bonds is 17. The van der Waals surface area contributed by atoms with E-state index < -0.39 is 41.5 Å². The third-order valence-corrected chi connectivity index (χ3v) is 13.3. The van der Waals surface area contributed by atoms with Crippen molar-refractivity contribution in [3.8, 4) is 17.2 Å². The zero-order valence-corrected chi connectivity index (χ0v) is 47.2. The molecule has 9 aromatic carbocycles. The number of carbonyl (C=O) groups excluding carboxylic acids is 7. The Balaban J connectivity index is 0.000000191. The number of phenolic OH excluding ortho intramolecular Hbond substituents is 1. The molecule has 0 spiro atoms. The number of esters is 2. The van der Waals surface area contributed by atoms with E-state index in [2.05, 4.69) is 0 Å². The van der Waals surface area contributed by atoms with Crippen LogP contribution in [0.5, 0.6) is 17.2 Å². The minimum atomic E-state index is -0.873. The molecule has 9 rings (SSSR count). The van der Waals surface area contributed by atoms with E-state index >= 15 is 0 Å². The van der Waals surface area contributed by atoms with Crippen molar-refractivity contribution in [1.29, 1.82) is 0 Å². The van der Waals surface area contributed by atoms with Gasteiger partial charge in [0, 0.05) is 50.1 Å². The van der Waals surface area contributed by atoms with Gasteiger partial charge < -0.3 is 36.9 Å². The highest BCUT2D eigenvalue weighted by molar-refractivity contribution is 7.80. The molecule has 0 heterocycles. The van der Waals surface area contributed by atoms with E-state index in [9.17, 15) is 38.4 Å². The number of ether oxygens (including phenoxy) is 2. The number of hydrogen-bond acceptors (Lipinski definition) is 12. The third-order valence-electron chi connectivity index (χ3n) is 13.1. The molecule has 9 aromatic rings. The number of benzene rings is 9. The summed E-state index contributed by atoms with van der Waals surface area (Å²) in [6.07, 6.45) is 0. The lowest BCUT2D eigenvalue weighted by atomic mass is 9.97. The number of amides is 2. The van der Waals surface area contributed by atoms with Gasteiger partial charge in [-0.1, -0.05) is 176 Å². The summed E-state index contributed by atoms with van der Waals surface area (Å²) in [5, 5.41) is 17.7. The predicted molar refractivity (Wildman–Crippen MR) is 327 cm³/mol. The van der Waals surface area contributed by atoms with Crippen molar-refractivity contribution in [3.05, 3.63) is 303 Å². The maximum absolute atomic E-state index is 12.5. The van der Waals surface area contributed by atoms with Crippen LogP contribution in [0.1, 0.15) is 129 Å². The molecule has 0 saturated heterocycles. The molecule has 0 saturated carbocycles. The van der Waals surface area contributed by atoms with Gasteiger partial charge in [-0.3, -0.25) is 38.4 Å². The number of aromatic hydroxyl groups is 1. The van der Waals surface area contributed by atoms with Crippen LogP contribution in [0.25, 0.3) is 0 Å². The van der Waals surface area contributed by atoms with Gasteiger partial charge in [0.2, 0.25) is 11.8 Å². The monoisotopic (exact) mass is 1150 g/mol. The minimum Gasteiger partial charge on any atom is -0.508 e. The van der Waals surface area contributed by atoms with E-state index in [1.165, 1.54) is 48.5 Å². The average molecular weight is 1150 g/mol. The first-order valence-corrected chi connectivity index (χ1v) is 26.7. The second-order valence-corrected chi connectivity index (χ2v) is 19.4. The topological polar surface area (TPSA) is 274 Å². The summed E-state index contributed by atoms with van der Waals surface area (Å²) in [6.45, 7) is 5.12. The van der Waals surface area contributed by atoms with Gasteiger partial charge in [0.05, 0.1) is 17.8 Å². The van der Waals surface area contributed by atoms with E-state index in [0.29, 0.717) is 67.1 Å². The third kappa shape index (κ3) is 18.5. The average Bonchev–Trinajstić information content (AvgIpc) is 3.53. The highest BCUT2D eigenvalue weighted by Gasteiger charge is 2.21. The molecule has 3 unspecified atom stereocenters. The van der Waals surface area contributed by atoms with Crippen molar-refractivity contribution >= 4 is 64.3 Å². The molecule has 0 fully saturated rings. The Morgan fingerprint density at radius 1 is 0.341 bits per heavy atom. The van der Waals surface area contributed by atoms with Crippen molar-refractivity contribution in [1.82, 2.24) is 0 Å².